The van der Waals surface area contributed by atoms with Gasteiger partial charge in [-0.2, -0.15) is 0 Å². The monoisotopic (exact) mass is 423 g/mol. The molecule has 3 N–H and O–H groups in total. The van der Waals surface area contributed by atoms with Crippen LogP contribution in [0.15, 0.2) is 48.5 Å². The molecule has 0 atom stereocenters. The summed E-state index contributed by atoms with van der Waals surface area (Å²) < 4.78 is 4.61. The predicted molar refractivity (Wildman–Crippen MR) is 114 cm³/mol. The Balaban J connectivity index is 1.50. The molecule has 0 spiro atoms. The van der Waals surface area contributed by atoms with Gasteiger partial charge in [0.25, 0.3) is 11.8 Å². The van der Waals surface area contributed by atoms with Crippen LogP contribution in [0.25, 0.3) is 0 Å². The zero-order valence-electron chi connectivity index (χ0n) is 17.3. The van der Waals surface area contributed by atoms with Crippen LogP contribution in [0.2, 0.25) is 0 Å². The van der Waals surface area contributed by atoms with E-state index in [4.69, 9.17) is 0 Å². The summed E-state index contributed by atoms with van der Waals surface area (Å²) in [5.41, 5.74) is 6.21. The number of nitrogens with one attached hydrogen (secondary N) is 3. The number of ether oxygens (including phenoxy) is 1. The van der Waals surface area contributed by atoms with E-state index in [9.17, 15) is 19.2 Å². The van der Waals surface area contributed by atoms with Gasteiger partial charge in [-0.3, -0.25) is 25.2 Å². The Hall–Kier alpha value is -3.68. The Morgan fingerprint density at radius 2 is 1.23 bits per heavy atom. The van der Waals surface area contributed by atoms with Crippen molar-refractivity contribution in [1.82, 2.24) is 10.9 Å². The highest BCUT2D eigenvalue weighted by Gasteiger charge is 2.21. The maximum Gasteiger partial charge on any atom is 0.337 e. The van der Waals surface area contributed by atoms with E-state index < -0.39 is 17.8 Å². The summed E-state index contributed by atoms with van der Waals surface area (Å²) in [6.45, 7) is 0. The van der Waals surface area contributed by atoms with Crippen molar-refractivity contribution in [2.24, 2.45) is 5.92 Å². The summed E-state index contributed by atoms with van der Waals surface area (Å²) in [7, 11) is 1.27. The lowest BCUT2D eigenvalue weighted by molar-refractivity contribution is -0.120. The van der Waals surface area contributed by atoms with Crippen molar-refractivity contribution < 1.29 is 23.9 Å². The summed E-state index contributed by atoms with van der Waals surface area (Å²) in [5.74, 6) is -1.46. The molecular formula is C23H25N3O5. The second-order valence-electron chi connectivity index (χ2n) is 7.38. The average Bonchev–Trinajstić information content (AvgIpc) is 2.82. The Morgan fingerprint density at radius 3 is 1.74 bits per heavy atom. The third-order valence-corrected chi connectivity index (χ3v) is 5.25. The molecule has 0 aliphatic heterocycles. The quantitative estimate of drug-likeness (QED) is 0.505. The predicted octanol–water partition coefficient (Wildman–Crippen LogP) is 3.07. The van der Waals surface area contributed by atoms with Crippen molar-refractivity contribution in [2.45, 2.75) is 32.1 Å². The number of hydrogen-bond donors (Lipinski definition) is 3. The standard InChI is InChI=1S/C23H25N3O5/c1-31-23(30)18-9-7-16(8-10-18)21(28)25-26-22(29)17-11-13-19(14-12-17)24-20(27)15-5-3-2-4-6-15/h7-15H,2-6H2,1H3,(H,24,27)(H,25,28)(H,26,29). The lowest BCUT2D eigenvalue weighted by atomic mass is 9.88. The largest absolute Gasteiger partial charge is 0.465 e. The first-order chi connectivity index (χ1) is 15.0. The lowest BCUT2D eigenvalue weighted by Gasteiger charge is -2.20. The van der Waals surface area contributed by atoms with Crippen LogP contribution in [0.4, 0.5) is 5.69 Å². The van der Waals surface area contributed by atoms with E-state index in [0.29, 0.717) is 16.8 Å². The normalized spacial score (nSPS) is 13.7. The molecule has 1 aliphatic carbocycles. The van der Waals surface area contributed by atoms with Gasteiger partial charge in [0.1, 0.15) is 0 Å². The molecule has 3 amide bonds. The number of hydrogen-bond acceptors (Lipinski definition) is 5. The smallest absolute Gasteiger partial charge is 0.337 e. The van der Waals surface area contributed by atoms with Crippen LogP contribution in [0, 0.1) is 5.92 Å². The van der Waals surface area contributed by atoms with Gasteiger partial charge in [-0.1, -0.05) is 19.3 Å². The van der Waals surface area contributed by atoms with Crippen LogP contribution in [-0.4, -0.2) is 30.8 Å². The Bertz CT molecular complexity index is 948. The maximum absolute atomic E-state index is 12.3. The van der Waals surface area contributed by atoms with Gasteiger partial charge in [-0.15, -0.1) is 0 Å². The van der Waals surface area contributed by atoms with Crippen LogP contribution >= 0.6 is 0 Å². The number of carbonyl (C=O) groups excluding carboxylic acids is 4. The molecule has 162 valence electrons. The molecule has 0 radical (unpaired) electrons. The molecule has 0 saturated heterocycles. The summed E-state index contributed by atoms with van der Waals surface area (Å²) >= 11 is 0. The molecule has 0 aromatic heterocycles. The first-order valence-corrected chi connectivity index (χ1v) is 10.2. The molecule has 1 aliphatic rings. The molecule has 2 aromatic rings. The minimum Gasteiger partial charge on any atom is -0.465 e. The van der Waals surface area contributed by atoms with Crippen LogP contribution in [0.5, 0.6) is 0 Å². The molecule has 31 heavy (non-hydrogen) atoms. The van der Waals surface area contributed by atoms with Gasteiger partial charge in [0, 0.05) is 22.7 Å². The lowest BCUT2D eigenvalue weighted by Crippen LogP contribution is -2.41. The van der Waals surface area contributed by atoms with Crippen molar-refractivity contribution in [3.63, 3.8) is 0 Å². The summed E-state index contributed by atoms with van der Waals surface area (Å²) in [6, 6.07) is 12.3. The van der Waals surface area contributed by atoms with Crippen molar-refractivity contribution in [3.8, 4) is 0 Å². The minimum absolute atomic E-state index is 0.0161. The molecule has 1 saturated carbocycles. The van der Waals surface area contributed by atoms with Crippen molar-refractivity contribution in [2.75, 3.05) is 12.4 Å². The van der Waals surface area contributed by atoms with E-state index in [0.717, 1.165) is 25.7 Å². The molecule has 0 heterocycles. The van der Waals surface area contributed by atoms with Gasteiger partial charge < -0.3 is 10.1 Å². The first kappa shape index (κ1) is 22.0. The second-order valence-corrected chi connectivity index (χ2v) is 7.38. The third kappa shape index (κ3) is 5.91. The van der Waals surface area contributed by atoms with E-state index in [-0.39, 0.29) is 17.4 Å². The van der Waals surface area contributed by atoms with E-state index in [1.165, 1.54) is 37.8 Å². The zero-order chi connectivity index (χ0) is 22.2. The van der Waals surface area contributed by atoms with Gasteiger partial charge in [0.2, 0.25) is 5.91 Å². The molecule has 1 fully saturated rings. The molecule has 3 rings (SSSR count). The van der Waals surface area contributed by atoms with Gasteiger partial charge in [-0.25, -0.2) is 4.79 Å². The fourth-order valence-electron chi connectivity index (χ4n) is 3.45. The van der Waals surface area contributed by atoms with Crippen LogP contribution in [0.1, 0.15) is 63.2 Å². The Kier molecular flexibility index (Phi) is 7.37. The van der Waals surface area contributed by atoms with Crippen molar-refractivity contribution >= 4 is 29.4 Å². The number of amides is 3. The summed E-state index contributed by atoms with van der Waals surface area (Å²) in [5, 5.41) is 2.89. The first-order valence-electron chi connectivity index (χ1n) is 10.2. The fraction of sp³-hybridized carbons (Fsp3) is 0.304. The van der Waals surface area contributed by atoms with E-state index in [1.807, 2.05) is 0 Å². The SMILES string of the molecule is COC(=O)c1ccc(C(=O)NNC(=O)c2ccc(NC(=O)C3CCCCC3)cc2)cc1. The number of benzene rings is 2. The summed E-state index contributed by atoms with van der Waals surface area (Å²) in [6.07, 6.45) is 5.18. The maximum atomic E-state index is 12.3. The Morgan fingerprint density at radius 1 is 0.742 bits per heavy atom. The van der Waals surface area contributed by atoms with Gasteiger partial charge in [-0.05, 0) is 61.4 Å². The highest BCUT2D eigenvalue weighted by molar-refractivity contribution is 6.00. The minimum atomic E-state index is -0.527. The molecule has 8 heteroatoms. The average molecular weight is 423 g/mol. The van der Waals surface area contributed by atoms with E-state index >= 15 is 0 Å². The highest BCUT2D eigenvalue weighted by Crippen LogP contribution is 2.25. The number of anilines is 1. The number of hydrazine groups is 1. The molecular weight excluding hydrogens is 398 g/mol. The topological polar surface area (TPSA) is 114 Å². The van der Waals surface area contributed by atoms with Crippen LogP contribution < -0.4 is 16.2 Å². The van der Waals surface area contributed by atoms with Crippen LogP contribution in [0.3, 0.4) is 0 Å². The van der Waals surface area contributed by atoms with Gasteiger partial charge >= 0.3 is 5.97 Å². The van der Waals surface area contributed by atoms with E-state index in [2.05, 4.69) is 20.9 Å². The number of rotatable bonds is 5. The molecule has 0 bridgehead atoms. The van der Waals surface area contributed by atoms with Crippen LogP contribution in [-0.2, 0) is 9.53 Å². The molecule has 0 unspecified atom stereocenters. The number of carbonyl (C=O) groups is 4. The molecule has 8 nitrogen and oxygen atoms in total. The Labute approximate surface area is 180 Å². The number of methoxy groups -OCH3 is 1. The fourth-order valence-corrected chi connectivity index (χ4v) is 3.45. The zero-order valence-corrected chi connectivity index (χ0v) is 17.3. The second kappa shape index (κ2) is 10.4. The van der Waals surface area contributed by atoms with Crippen molar-refractivity contribution in [3.05, 3.63) is 65.2 Å². The van der Waals surface area contributed by atoms with Gasteiger partial charge in [0.15, 0.2) is 0 Å². The van der Waals surface area contributed by atoms with E-state index in [1.54, 1.807) is 24.3 Å². The number of esters is 1. The highest BCUT2D eigenvalue weighted by atomic mass is 16.5. The van der Waals surface area contributed by atoms with Gasteiger partial charge in [0.05, 0.1) is 12.7 Å². The van der Waals surface area contributed by atoms with Crippen molar-refractivity contribution in [1.29, 1.82) is 0 Å². The third-order valence-electron chi connectivity index (χ3n) is 5.25. The molecule has 2 aromatic carbocycles. The summed E-state index contributed by atoms with van der Waals surface area (Å²) in [4.78, 5) is 48.2.